The summed E-state index contributed by atoms with van der Waals surface area (Å²) >= 11 is 3.60. The zero-order valence-electron chi connectivity index (χ0n) is 18.1. The third-order valence-corrected chi connectivity index (χ3v) is 5.92. The van der Waals surface area contributed by atoms with Gasteiger partial charge in [-0.3, -0.25) is 9.08 Å². The number of rotatable bonds is 6. The molecule has 0 radical (unpaired) electrons. The number of ether oxygens (including phenoxy) is 3. The summed E-state index contributed by atoms with van der Waals surface area (Å²) in [4.78, 5) is 14.5. The summed E-state index contributed by atoms with van der Waals surface area (Å²) < 4.78 is 45.4. The van der Waals surface area contributed by atoms with E-state index in [-0.39, 0.29) is 25.9 Å². The van der Waals surface area contributed by atoms with Gasteiger partial charge >= 0.3 is 6.09 Å². The molecule has 10 heteroatoms. The van der Waals surface area contributed by atoms with Crippen molar-refractivity contribution < 1.29 is 31.6 Å². The molecule has 0 spiro atoms. The molecule has 1 aliphatic heterocycles. The Balaban J connectivity index is 2.20. The second-order valence-corrected chi connectivity index (χ2v) is 10.7. The molecule has 1 heterocycles. The zero-order valence-corrected chi connectivity index (χ0v) is 20.5. The molecule has 2 aromatic carbocycles. The summed E-state index contributed by atoms with van der Waals surface area (Å²) in [7, 11) is -2.13. The van der Waals surface area contributed by atoms with Gasteiger partial charge in [0.25, 0.3) is 10.1 Å². The van der Waals surface area contributed by atoms with E-state index < -0.39 is 21.8 Å². The second-order valence-electron chi connectivity index (χ2n) is 8.28. The third kappa shape index (κ3) is 5.31. The Morgan fingerprint density at radius 2 is 1.87 bits per heavy atom. The van der Waals surface area contributed by atoms with Crippen molar-refractivity contribution in [3.63, 3.8) is 0 Å². The summed E-state index contributed by atoms with van der Waals surface area (Å²) in [5, 5.41) is 1.64. The largest absolute Gasteiger partial charge is 0.466 e. The number of nitrogens with zero attached hydrogens (tertiary/aromatic N) is 1. The van der Waals surface area contributed by atoms with E-state index in [9.17, 15) is 13.2 Å². The standard InChI is InChI=1S/C21H26BrNO7S/c1-21(2,3)30-20(24)23-10-13(11-29-31(5,25)26)16-14-8-6-7-9-15(14)19(28-12-27-4)17(22)18(16)23/h6-9,13H,10-12H2,1-5H3/t13-/m0/s1. The molecule has 0 unspecified atom stereocenters. The van der Waals surface area contributed by atoms with Crippen LogP contribution < -0.4 is 9.64 Å². The maximum absolute atomic E-state index is 13.0. The molecule has 31 heavy (non-hydrogen) atoms. The zero-order chi connectivity index (χ0) is 23.0. The monoisotopic (exact) mass is 515 g/mol. The van der Waals surface area contributed by atoms with Crippen molar-refractivity contribution in [2.24, 2.45) is 0 Å². The van der Waals surface area contributed by atoms with E-state index in [1.165, 1.54) is 12.0 Å². The molecule has 0 fully saturated rings. The molecule has 3 rings (SSSR count). The highest BCUT2D eigenvalue weighted by Gasteiger charge is 2.40. The van der Waals surface area contributed by atoms with E-state index in [4.69, 9.17) is 18.4 Å². The molecule has 170 valence electrons. The summed E-state index contributed by atoms with van der Waals surface area (Å²) in [6.07, 6.45) is 0.466. The molecule has 1 aliphatic rings. The van der Waals surface area contributed by atoms with Crippen LogP contribution in [0.1, 0.15) is 32.3 Å². The van der Waals surface area contributed by atoms with E-state index >= 15 is 0 Å². The molecule has 0 aromatic heterocycles. The van der Waals surface area contributed by atoms with Gasteiger partial charge in [-0.25, -0.2) is 4.79 Å². The molecule has 1 amide bonds. The molecule has 0 saturated heterocycles. The summed E-state index contributed by atoms with van der Waals surface area (Å²) in [6, 6.07) is 7.56. The maximum Gasteiger partial charge on any atom is 0.414 e. The molecular weight excluding hydrogens is 490 g/mol. The van der Waals surface area contributed by atoms with Gasteiger partial charge in [-0.2, -0.15) is 8.42 Å². The van der Waals surface area contributed by atoms with Crippen molar-refractivity contribution in [3.05, 3.63) is 34.3 Å². The van der Waals surface area contributed by atoms with E-state index in [2.05, 4.69) is 15.9 Å². The summed E-state index contributed by atoms with van der Waals surface area (Å²) in [6.45, 7) is 5.49. The smallest absolute Gasteiger partial charge is 0.414 e. The Hall–Kier alpha value is -1.88. The molecule has 1 atom stereocenters. The van der Waals surface area contributed by atoms with Crippen molar-refractivity contribution in [2.45, 2.75) is 32.3 Å². The Morgan fingerprint density at radius 3 is 2.45 bits per heavy atom. The van der Waals surface area contributed by atoms with Crippen LogP contribution in [0.2, 0.25) is 0 Å². The fourth-order valence-corrected chi connectivity index (χ4v) is 4.72. The SMILES string of the molecule is COCOc1c(Br)c2c(c3ccccc13)[C@H](COS(C)(=O)=O)CN2C(=O)OC(C)(C)C. The Morgan fingerprint density at radius 1 is 1.23 bits per heavy atom. The number of benzene rings is 2. The quantitative estimate of drug-likeness (QED) is 0.415. The number of carbonyl (C=O) groups excluding carboxylic acids is 1. The van der Waals surface area contributed by atoms with E-state index in [1.54, 1.807) is 20.8 Å². The van der Waals surface area contributed by atoms with Crippen LogP contribution in [-0.2, 0) is 23.8 Å². The van der Waals surface area contributed by atoms with Crippen molar-refractivity contribution in [1.29, 1.82) is 0 Å². The third-order valence-electron chi connectivity index (χ3n) is 4.62. The highest BCUT2D eigenvalue weighted by atomic mass is 79.9. The molecule has 2 aromatic rings. The lowest BCUT2D eigenvalue weighted by molar-refractivity contribution is 0.0517. The highest BCUT2D eigenvalue weighted by Crippen LogP contribution is 2.51. The van der Waals surface area contributed by atoms with Gasteiger partial charge in [0, 0.05) is 25.0 Å². The van der Waals surface area contributed by atoms with E-state index in [0.717, 1.165) is 22.6 Å². The first kappa shape index (κ1) is 23.8. The lowest BCUT2D eigenvalue weighted by Crippen LogP contribution is -2.36. The van der Waals surface area contributed by atoms with Crippen LogP contribution in [-0.4, -0.2) is 53.4 Å². The Labute approximate surface area is 190 Å². The van der Waals surface area contributed by atoms with Crippen LogP contribution in [0.3, 0.4) is 0 Å². The van der Waals surface area contributed by atoms with Crippen molar-refractivity contribution in [2.75, 3.05) is 38.2 Å². The topological polar surface area (TPSA) is 91.4 Å². The van der Waals surface area contributed by atoms with Gasteiger partial charge in [0.15, 0.2) is 6.79 Å². The number of fused-ring (bicyclic) bond motifs is 3. The molecule has 0 aliphatic carbocycles. The fourth-order valence-electron chi connectivity index (χ4n) is 3.55. The number of anilines is 1. The van der Waals surface area contributed by atoms with Crippen LogP contribution in [0, 0.1) is 0 Å². The first-order valence-electron chi connectivity index (χ1n) is 9.63. The van der Waals surface area contributed by atoms with Gasteiger partial charge in [-0.05, 0) is 47.7 Å². The molecule has 0 N–H and O–H groups in total. The number of hydrogen-bond donors (Lipinski definition) is 0. The van der Waals surface area contributed by atoms with Crippen LogP contribution in [0.5, 0.6) is 5.75 Å². The average Bonchev–Trinajstić information content (AvgIpc) is 3.05. The number of hydrogen-bond acceptors (Lipinski definition) is 7. The minimum Gasteiger partial charge on any atom is -0.466 e. The predicted molar refractivity (Wildman–Crippen MR) is 121 cm³/mol. The Bertz CT molecular complexity index is 1100. The normalized spacial score (nSPS) is 16.5. The van der Waals surface area contributed by atoms with Crippen LogP contribution >= 0.6 is 15.9 Å². The highest BCUT2D eigenvalue weighted by molar-refractivity contribution is 9.10. The molecule has 0 saturated carbocycles. The van der Waals surface area contributed by atoms with Gasteiger partial charge in [-0.15, -0.1) is 0 Å². The summed E-state index contributed by atoms with van der Waals surface area (Å²) in [5.41, 5.74) is 0.667. The van der Waals surface area contributed by atoms with Crippen molar-refractivity contribution in [3.8, 4) is 5.75 Å². The first-order valence-corrected chi connectivity index (χ1v) is 12.2. The van der Waals surface area contributed by atoms with Crippen LogP contribution in [0.4, 0.5) is 10.5 Å². The van der Waals surface area contributed by atoms with Crippen molar-refractivity contribution in [1.82, 2.24) is 0 Å². The number of carbonyl (C=O) groups is 1. The van der Waals surface area contributed by atoms with Gasteiger partial charge in [0.05, 0.1) is 23.0 Å². The molecule has 8 nitrogen and oxygen atoms in total. The van der Waals surface area contributed by atoms with Gasteiger partial charge < -0.3 is 14.2 Å². The summed E-state index contributed by atoms with van der Waals surface area (Å²) in [5.74, 6) is 0.143. The second kappa shape index (κ2) is 8.93. The van der Waals surface area contributed by atoms with Crippen molar-refractivity contribution >= 4 is 48.6 Å². The van der Waals surface area contributed by atoms with Crippen LogP contribution in [0.15, 0.2) is 28.7 Å². The van der Waals surface area contributed by atoms with Crippen LogP contribution in [0.25, 0.3) is 10.8 Å². The molecular formula is C21H26BrNO7S. The number of methoxy groups -OCH3 is 1. The first-order chi connectivity index (χ1) is 14.4. The fraction of sp³-hybridized carbons (Fsp3) is 0.476. The van der Waals surface area contributed by atoms with E-state index in [0.29, 0.717) is 15.9 Å². The van der Waals surface area contributed by atoms with Gasteiger partial charge in [-0.1, -0.05) is 24.3 Å². The van der Waals surface area contributed by atoms with Gasteiger partial charge in [0.1, 0.15) is 11.4 Å². The lowest BCUT2D eigenvalue weighted by atomic mass is 9.95. The number of halogens is 1. The predicted octanol–water partition coefficient (Wildman–Crippen LogP) is 4.40. The van der Waals surface area contributed by atoms with Gasteiger partial charge in [0.2, 0.25) is 0 Å². The van der Waals surface area contributed by atoms with E-state index in [1.807, 2.05) is 24.3 Å². The average molecular weight is 516 g/mol. The maximum atomic E-state index is 13.0. The lowest BCUT2D eigenvalue weighted by Gasteiger charge is -2.26. The Kier molecular flexibility index (Phi) is 6.85. The molecule has 0 bridgehead atoms. The minimum atomic E-state index is -3.65. The number of amides is 1. The minimum absolute atomic E-state index is 0.0223.